The Bertz CT molecular complexity index is 1050. The predicted molar refractivity (Wildman–Crippen MR) is 110 cm³/mol. The Labute approximate surface area is 164 Å². The van der Waals surface area contributed by atoms with Crippen LogP contribution < -0.4 is 15.6 Å². The largest absolute Gasteiger partial charge is 0.492 e. The van der Waals surface area contributed by atoms with Crippen molar-refractivity contribution in [2.45, 2.75) is 33.7 Å². The molecule has 6 nitrogen and oxygen atoms in total. The van der Waals surface area contributed by atoms with Gasteiger partial charge in [0.1, 0.15) is 12.4 Å². The van der Waals surface area contributed by atoms with E-state index in [1.807, 2.05) is 39.8 Å². The van der Waals surface area contributed by atoms with Crippen LogP contribution in [-0.2, 0) is 0 Å². The van der Waals surface area contributed by atoms with Crippen LogP contribution in [0, 0.1) is 13.8 Å². The van der Waals surface area contributed by atoms with E-state index in [0.29, 0.717) is 23.9 Å². The zero-order valence-corrected chi connectivity index (χ0v) is 16.7. The molecule has 2 aromatic carbocycles. The summed E-state index contributed by atoms with van der Waals surface area (Å²) in [4.78, 5) is 25.3. The molecule has 0 aliphatic rings. The summed E-state index contributed by atoms with van der Waals surface area (Å²) < 4.78 is 7.08. The Morgan fingerprint density at radius 2 is 1.75 bits per heavy atom. The maximum Gasteiger partial charge on any atom is 0.274 e. The molecule has 0 spiro atoms. The van der Waals surface area contributed by atoms with Crippen LogP contribution in [0.3, 0.4) is 0 Å². The Hall–Kier alpha value is -3.15. The number of aromatic nitrogens is 2. The molecule has 0 saturated carbocycles. The molecule has 0 aliphatic carbocycles. The van der Waals surface area contributed by atoms with E-state index in [2.05, 4.69) is 16.5 Å². The number of nitrogens with one attached hydrogen (secondary N) is 1. The van der Waals surface area contributed by atoms with Crippen molar-refractivity contribution in [1.82, 2.24) is 15.1 Å². The number of hydrogen-bond donors (Lipinski definition) is 1. The first-order chi connectivity index (χ1) is 13.4. The van der Waals surface area contributed by atoms with Gasteiger partial charge in [0.15, 0.2) is 5.69 Å². The van der Waals surface area contributed by atoms with Crippen LogP contribution in [-0.4, -0.2) is 28.8 Å². The Morgan fingerprint density at radius 1 is 1.11 bits per heavy atom. The Morgan fingerprint density at radius 3 is 2.39 bits per heavy atom. The SMILES string of the molecule is Cc1cc(C)cc(OCCNC(=O)c2nn(C(C)C)c(=O)c3ccccc23)c1. The number of benzene rings is 2. The Balaban J connectivity index is 1.74. The van der Waals surface area contributed by atoms with Gasteiger partial charge in [-0.1, -0.05) is 24.3 Å². The number of rotatable bonds is 6. The molecule has 3 rings (SSSR count). The van der Waals surface area contributed by atoms with Crippen molar-refractivity contribution in [3.63, 3.8) is 0 Å². The Kier molecular flexibility index (Phi) is 5.78. The fraction of sp³-hybridized carbons (Fsp3) is 0.318. The molecule has 0 radical (unpaired) electrons. The van der Waals surface area contributed by atoms with Crippen LogP contribution >= 0.6 is 0 Å². The third kappa shape index (κ3) is 4.22. The van der Waals surface area contributed by atoms with Crippen LogP contribution in [0.25, 0.3) is 10.8 Å². The molecule has 0 bridgehead atoms. The van der Waals surface area contributed by atoms with E-state index in [1.165, 1.54) is 4.68 Å². The number of ether oxygens (including phenoxy) is 1. The fourth-order valence-electron chi connectivity index (χ4n) is 3.16. The number of aryl methyl sites for hydroxylation is 2. The summed E-state index contributed by atoms with van der Waals surface area (Å²) in [7, 11) is 0. The normalized spacial score (nSPS) is 11.0. The molecule has 146 valence electrons. The second kappa shape index (κ2) is 8.25. The molecule has 3 aromatic rings. The minimum absolute atomic E-state index is 0.142. The minimum atomic E-state index is -0.324. The predicted octanol–water partition coefficient (Wildman–Crippen LogP) is 3.40. The second-order valence-corrected chi connectivity index (χ2v) is 7.17. The average Bonchev–Trinajstić information content (AvgIpc) is 2.64. The number of carbonyl (C=O) groups is 1. The lowest BCUT2D eigenvalue weighted by molar-refractivity contribution is 0.0941. The van der Waals surface area contributed by atoms with Crippen LogP contribution in [0.2, 0.25) is 0 Å². The van der Waals surface area contributed by atoms with Gasteiger partial charge >= 0.3 is 0 Å². The van der Waals surface area contributed by atoms with E-state index < -0.39 is 0 Å². The molecule has 0 saturated heterocycles. The molecule has 1 N–H and O–H groups in total. The first-order valence-electron chi connectivity index (χ1n) is 9.37. The van der Waals surface area contributed by atoms with Crippen molar-refractivity contribution in [3.05, 3.63) is 69.6 Å². The lowest BCUT2D eigenvalue weighted by atomic mass is 10.1. The van der Waals surface area contributed by atoms with E-state index in [1.54, 1.807) is 24.3 Å². The number of hydrogen-bond acceptors (Lipinski definition) is 4. The molecule has 6 heteroatoms. The molecule has 0 unspecified atom stereocenters. The molecule has 28 heavy (non-hydrogen) atoms. The lowest BCUT2D eigenvalue weighted by Gasteiger charge is -2.14. The second-order valence-electron chi connectivity index (χ2n) is 7.17. The summed E-state index contributed by atoms with van der Waals surface area (Å²) in [5.41, 5.74) is 2.31. The highest BCUT2D eigenvalue weighted by atomic mass is 16.5. The van der Waals surface area contributed by atoms with E-state index in [0.717, 1.165) is 16.9 Å². The zero-order valence-electron chi connectivity index (χ0n) is 16.7. The van der Waals surface area contributed by atoms with E-state index in [9.17, 15) is 9.59 Å². The monoisotopic (exact) mass is 379 g/mol. The first kappa shape index (κ1) is 19.6. The van der Waals surface area contributed by atoms with Crippen molar-refractivity contribution in [3.8, 4) is 5.75 Å². The summed E-state index contributed by atoms with van der Waals surface area (Å²) in [6.45, 7) is 8.44. The van der Waals surface area contributed by atoms with Crippen LogP contribution in [0.15, 0.2) is 47.3 Å². The molecule has 1 heterocycles. The maximum absolute atomic E-state index is 12.7. The number of nitrogens with zero attached hydrogens (tertiary/aromatic N) is 2. The number of carbonyl (C=O) groups excluding carboxylic acids is 1. The molecule has 1 amide bonds. The van der Waals surface area contributed by atoms with Gasteiger partial charge < -0.3 is 10.1 Å². The highest BCUT2D eigenvalue weighted by Crippen LogP contribution is 2.16. The van der Waals surface area contributed by atoms with Gasteiger partial charge in [0.05, 0.1) is 18.0 Å². The highest BCUT2D eigenvalue weighted by Gasteiger charge is 2.17. The van der Waals surface area contributed by atoms with Gasteiger partial charge in [-0.2, -0.15) is 5.10 Å². The standard InChI is InChI=1S/C22H25N3O3/c1-14(2)25-22(27)19-8-6-5-7-18(19)20(24-25)21(26)23-9-10-28-17-12-15(3)11-16(4)13-17/h5-8,11-14H,9-10H2,1-4H3,(H,23,26). The minimum Gasteiger partial charge on any atom is -0.492 e. The van der Waals surface area contributed by atoms with Crippen LogP contribution in [0.4, 0.5) is 0 Å². The molecular weight excluding hydrogens is 354 g/mol. The fourth-order valence-corrected chi connectivity index (χ4v) is 3.16. The summed E-state index contributed by atoms with van der Waals surface area (Å²) >= 11 is 0. The number of fused-ring (bicyclic) bond motifs is 1. The van der Waals surface area contributed by atoms with Gasteiger partial charge in [-0.3, -0.25) is 9.59 Å². The summed E-state index contributed by atoms with van der Waals surface area (Å²) in [5.74, 6) is 0.457. The number of amides is 1. The quantitative estimate of drug-likeness (QED) is 0.666. The van der Waals surface area contributed by atoms with Gasteiger partial charge in [-0.25, -0.2) is 4.68 Å². The van der Waals surface area contributed by atoms with E-state index in [-0.39, 0.29) is 23.2 Å². The average molecular weight is 379 g/mol. The third-order valence-corrected chi connectivity index (χ3v) is 4.38. The molecule has 1 aromatic heterocycles. The molecular formula is C22H25N3O3. The third-order valence-electron chi connectivity index (χ3n) is 4.38. The van der Waals surface area contributed by atoms with Crippen LogP contribution in [0.1, 0.15) is 41.5 Å². The zero-order chi connectivity index (χ0) is 20.3. The van der Waals surface area contributed by atoms with Crippen molar-refractivity contribution >= 4 is 16.7 Å². The smallest absolute Gasteiger partial charge is 0.274 e. The summed E-state index contributed by atoms with van der Waals surface area (Å²) in [6.07, 6.45) is 0. The summed E-state index contributed by atoms with van der Waals surface area (Å²) in [6, 6.07) is 12.9. The first-order valence-corrected chi connectivity index (χ1v) is 9.37. The van der Waals surface area contributed by atoms with Crippen molar-refractivity contribution in [1.29, 1.82) is 0 Å². The van der Waals surface area contributed by atoms with Gasteiger partial charge in [0.2, 0.25) is 0 Å². The summed E-state index contributed by atoms with van der Waals surface area (Å²) in [5, 5.41) is 8.19. The molecule has 0 atom stereocenters. The van der Waals surface area contributed by atoms with Gasteiger partial charge in [-0.05, 0) is 57.0 Å². The van der Waals surface area contributed by atoms with E-state index >= 15 is 0 Å². The van der Waals surface area contributed by atoms with Gasteiger partial charge in [-0.15, -0.1) is 0 Å². The van der Waals surface area contributed by atoms with Gasteiger partial charge in [0.25, 0.3) is 11.5 Å². The van der Waals surface area contributed by atoms with Crippen molar-refractivity contribution in [2.24, 2.45) is 0 Å². The molecule has 0 aliphatic heterocycles. The molecule has 0 fully saturated rings. The maximum atomic E-state index is 12.7. The van der Waals surface area contributed by atoms with Crippen LogP contribution in [0.5, 0.6) is 5.75 Å². The topological polar surface area (TPSA) is 73.2 Å². The van der Waals surface area contributed by atoms with Crippen molar-refractivity contribution < 1.29 is 9.53 Å². The van der Waals surface area contributed by atoms with Crippen molar-refractivity contribution in [2.75, 3.05) is 13.2 Å². The highest BCUT2D eigenvalue weighted by molar-refractivity contribution is 6.04. The van der Waals surface area contributed by atoms with E-state index in [4.69, 9.17) is 4.74 Å². The van der Waals surface area contributed by atoms with Gasteiger partial charge in [0, 0.05) is 5.39 Å². The lowest BCUT2D eigenvalue weighted by Crippen LogP contribution is -2.33.